The van der Waals surface area contributed by atoms with Crippen molar-refractivity contribution >= 4 is 55.6 Å². The van der Waals surface area contributed by atoms with Crippen molar-refractivity contribution in [1.82, 2.24) is 0 Å². The third-order valence-electron chi connectivity index (χ3n) is 2.69. The smallest absolute Gasteiger partial charge is 0.0449 e. The van der Waals surface area contributed by atoms with Crippen molar-refractivity contribution in [2.24, 2.45) is 0 Å². The summed E-state index contributed by atoms with van der Waals surface area (Å²) in [4.78, 5) is 7.18. The van der Waals surface area contributed by atoms with Gasteiger partial charge in [-0.15, -0.1) is 34.0 Å². The van der Waals surface area contributed by atoms with Gasteiger partial charge >= 0.3 is 0 Å². The Bertz CT molecular complexity index is 714. The van der Waals surface area contributed by atoms with E-state index in [0.29, 0.717) is 0 Å². The molecule has 0 unspecified atom stereocenters. The largest absolute Gasteiger partial charge is 0.143 e. The second-order valence-corrected chi connectivity index (χ2v) is 8.24. The van der Waals surface area contributed by atoms with Crippen molar-refractivity contribution in [1.29, 1.82) is 0 Å². The maximum absolute atomic E-state index is 4.19. The van der Waals surface area contributed by atoms with Crippen LogP contribution in [0.1, 0.15) is 9.75 Å². The quantitative estimate of drug-likeness (QED) is 0.489. The highest BCUT2D eigenvalue weighted by Crippen LogP contribution is 2.42. The predicted molar refractivity (Wildman–Crippen MR) is 97.6 cm³/mol. The first kappa shape index (κ1) is 13.9. The monoisotopic (exact) mass is 332 g/mol. The molecule has 20 heavy (non-hydrogen) atoms. The van der Waals surface area contributed by atoms with Crippen LogP contribution in [0.2, 0.25) is 0 Å². The second kappa shape index (κ2) is 6.14. The molecule has 0 amide bonds. The van der Waals surface area contributed by atoms with Crippen LogP contribution in [0.25, 0.3) is 19.6 Å². The van der Waals surface area contributed by atoms with Gasteiger partial charge in [-0.25, -0.2) is 0 Å². The van der Waals surface area contributed by atoms with Gasteiger partial charge in [0.2, 0.25) is 0 Å². The zero-order valence-electron chi connectivity index (χ0n) is 10.7. The summed E-state index contributed by atoms with van der Waals surface area (Å²) in [5.74, 6) is 0. The van der Waals surface area contributed by atoms with E-state index in [1.54, 1.807) is 45.8 Å². The van der Waals surface area contributed by atoms with Gasteiger partial charge in [-0.2, -0.15) is 0 Å². The summed E-state index contributed by atoms with van der Waals surface area (Å²) in [6, 6.07) is 12.7. The van der Waals surface area contributed by atoms with E-state index in [-0.39, 0.29) is 0 Å². The Labute approximate surface area is 135 Å². The molecule has 0 N–H and O–H groups in total. The van der Waals surface area contributed by atoms with Gasteiger partial charge < -0.3 is 0 Å². The number of thiophene rings is 3. The van der Waals surface area contributed by atoms with Crippen LogP contribution >= 0.6 is 45.8 Å². The SMILES string of the molecule is C=C(SC(=C)c1ccc(-c2cccs2)s1)c1cccs1. The highest BCUT2D eigenvalue weighted by atomic mass is 32.2. The van der Waals surface area contributed by atoms with Gasteiger partial charge in [-0.3, -0.25) is 0 Å². The standard InChI is InChI=1S/C16H12S4/c1-11(13-5-3-9-17-13)19-12(2)14-7-8-16(20-14)15-6-4-10-18-15/h3-10H,1-2H2. The third kappa shape index (κ3) is 2.99. The highest BCUT2D eigenvalue weighted by molar-refractivity contribution is 8.16. The summed E-state index contributed by atoms with van der Waals surface area (Å²) in [5, 5.41) is 4.18. The molecule has 100 valence electrons. The first-order valence-corrected chi connectivity index (χ1v) is 9.37. The molecule has 0 atom stereocenters. The molecule has 3 rings (SSSR count). The van der Waals surface area contributed by atoms with Gasteiger partial charge in [0.15, 0.2) is 0 Å². The molecule has 0 aliphatic heterocycles. The summed E-state index contributed by atoms with van der Waals surface area (Å²) in [6.45, 7) is 8.33. The van der Waals surface area contributed by atoms with Crippen molar-refractivity contribution < 1.29 is 0 Å². The van der Waals surface area contributed by atoms with Crippen LogP contribution < -0.4 is 0 Å². The second-order valence-electron chi connectivity index (χ2n) is 4.07. The van der Waals surface area contributed by atoms with Crippen LogP contribution in [0.4, 0.5) is 0 Å². The molecular weight excluding hydrogens is 320 g/mol. The van der Waals surface area contributed by atoms with Gasteiger partial charge in [0.05, 0.1) is 0 Å². The van der Waals surface area contributed by atoms with Crippen LogP contribution in [0.15, 0.2) is 60.3 Å². The molecule has 0 nitrogen and oxygen atoms in total. The summed E-state index contributed by atoms with van der Waals surface area (Å²) in [6.07, 6.45) is 0. The Morgan fingerprint density at radius 1 is 0.800 bits per heavy atom. The molecule has 0 saturated heterocycles. The number of thioether (sulfide) groups is 1. The summed E-state index contributed by atoms with van der Waals surface area (Å²) >= 11 is 6.93. The van der Waals surface area contributed by atoms with Crippen molar-refractivity contribution in [3.05, 3.63) is 70.1 Å². The van der Waals surface area contributed by atoms with E-state index < -0.39 is 0 Å². The fourth-order valence-electron chi connectivity index (χ4n) is 1.73. The van der Waals surface area contributed by atoms with Crippen LogP contribution in [0.3, 0.4) is 0 Å². The van der Waals surface area contributed by atoms with Crippen molar-refractivity contribution in [2.45, 2.75) is 0 Å². The Kier molecular flexibility index (Phi) is 4.27. The van der Waals surface area contributed by atoms with Crippen molar-refractivity contribution in [2.75, 3.05) is 0 Å². The summed E-state index contributed by atoms with van der Waals surface area (Å²) in [7, 11) is 0. The Balaban J connectivity index is 1.73. The first-order valence-electron chi connectivity index (χ1n) is 5.97. The van der Waals surface area contributed by atoms with E-state index in [1.165, 1.54) is 19.5 Å². The highest BCUT2D eigenvalue weighted by Gasteiger charge is 2.09. The number of rotatable bonds is 5. The lowest BCUT2D eigenvalue weighted by molar-refractivity contribution is 1.91. The molecule has 0 saturated carbocycles. The lowest BCUT2D eigenvalue weighted by Crippen LogP contribution is -1.73. The third-order valence-corrected chi connectivity index (χ3v) is 7.02. The Hall–Kier alpha value is -1.07. The molecular formula is C16H12S4. The van der Waals surface area contributed by atoms with E-state index in [9.17, 15) is 0 Å². The first-order chi connectivity index (χ1) is 9.74. The average Bonchev–Trinajstić information content (AvgIpc) is 3.19. The summed E-state index contributed by atoms with van der Waals surface area (Å²) in [5.41, 5.74) is 0. The predicted octanol–water partition coefficient (Wildman–Crippen LogP) is 6.91. The van der Waals surface area contributed by atoms with E-state index in [0.717, 1.165) is 9.81 Å². The number of hydrogen-bond donors (Lipinski definition) is 0. The molecule has 0 bridgehead atoms. The van der Waals surface area contributed by atoms with Gasteiger partial charge in [-0.05, 0) is 35.0 Å². The van der Waals surface area contributed by atoms with Gasteiger partial charge in [0.25, 0.3) is 0 Å². The zero-order chi connectivity index (χ0) is 13.9. The van der Waals surface area contributed by atoms with Gasteiger partial charge in [-0.1, -0.05) is 37.1 Å². The van der Waals surface area contributed by atoms with Gasteiger partial charge in [0.1, 0.15) is 0 Å². The van der Waals surface area contributed by atoms with Gasteiger partial charge in [0, 0.05) is 29.3 Å². The normalized spacial score (nSPS) is 10.6. The minimum atomic E-state index is 1.07. The fraction of sp³-hybridized carbons (Fsp3) is 0. The molecule has 4 heteroatoms. The van der Waals surface area contributed by atoms with E-state index >= 15 is 0 Å². The van der Waals surface area contributed by atoms with Crippen LogP contribution in [0.5, 0.6) is 0 Å². The van der Waals surface area contributed by atoms with E-state index in [2.05, 4.69) is 60.3 Å². The summed E-state index contributed by atoms with van der Waals surface area (Å²) < 4.78 is 0. The molecule has 0 aromatic carbocycles. The van der Waals surface area contributed by atoms with Crippen molar-refractivity contribution in [3.8, 4) is 9.75 Å². The average molecular weight is 333 g/mol. The van der Waals surface area contributed by atoms with Crippen LogP contribution in [-0.2, 0) is 0 Å². The minimum absolute atomic E-state index is 1.07. The maximum atomic E-state index is 4.19. The lowest BCUT2D eigenvalue weighted by atomic mass is 10.3. The van der Waals surface area contributed by atoms with E-state index in [4.69, 9.17) is 0 Å². The molecule has 0 fully saturated rings. The molecule has 0 aliphatic rings. The molecule has 3 heterocycles. The molecule has 3 aromatic rings. The molecule has 0 aliphatic carbocycles. The Morgan fingerprint density at radius 2 is 1.55 bits per heavy atom. The van der Waals surface area contributed by atoms with Crippen molar-refractivity contribution in [3.63, 3.8) is 0 Å². The minimum Gasteiger partial charge on any atom is -0.143 e. The maximum Gasteiger partial charge on any atom is 0.0449 e. The lowest BCUT2D eigenvalue weighted by Gasteiger charge is -2.04. The number of hydrogen-bond acceptors (Lipinski definition) is 4. The topological polar surface area (TPSA) is 0 Å². The van der Waals surface area contributed by atoms with Crippen LogP contribution in [-0.4, -0.2) is 0 Å². The Morgan fingerprint density at radius 3 is 2.25 bits per heavy atom. The zero-order valence-corrected chi connectivity index (χ0v) is 13.9. The molecule has 0 radical (unpaired) electrons. The molecule has 0 spiro atoms. The molecule has 3 aromatic heterocycles. The fourth-order valence-corrected chi connectivity index (χ4v) is 5.18. The van der Waals surface area contributed by atoms with Crippen LogP contribution in [0, 0.1) is 0 Å². The van der Waals surface area contributed by atoms with E-state index in [1.807, 2.05) is 0 Å².